The van der Waals surface area contributed by atoms with Gasteiger partial charge in [-0.05, 0) is 36.8 Å². The second-order valence-corrected chi connectivity index (χ2v) is 5.87. The highest BCUT2D eigenvalue weighted by Gasteiger charge is 2.18. The molecule has 3 aromatic rings. The van der Waals surface area contributed by atoms with Crippen molar-refractivity contribution in [3.05, 3.63) is 57.8 Å². The Bertz CT molecular complexity index is 884. The summed E-state index contributed by atoms with van der Waals surface area (Å²) in [6.45, 7) is 1.98. The van der Waals surface area contributed by atoms with Crippen LogP contribution in [0.4, 0.5) is 0 Å². The van der Waals surface area contributed by atoms with Crippen molar-refractivity contribution in [2.45, 2.75) is 6.92 Å². The maximum atomic E-state index is 11.6. The lowest BCUT2D eigenvalue weighted by Gasteiger charge is -2.10. The molecule has 0 aliphatic carbocycles. The van der Waals surface area contributed by atoms with E-state index >= 15 is 0 Å². The van der Waals surface area contributed by atoms with Gasteiger partial charge in [0, 0.05) is 27.9 Å². The summed E-state index contributed by atoms with van der Waals surface area (Å²) in [7, 11) is 1.54. The van der Waals surface area contributed by atoms with Crippen LogP contribution in [0.2, 0.25) is 10.0 Å². The Morgan fingerprint density at radius 3 is 2.59 bits per heavy atom. The summed E-state index contributed by atoms with van der Waals surface area (Å²) in [6.07, 6.45) is 2.75. The number of hydrogen-bond acceptors (Lipinski definition) is 2. The largest absolute Gasteiger partial charge is 0.495 e. The molecule has 0 bridgehead atoms. The zero-order valence-corrected chi connectivity index (χ0v) is 13.6. The zero-order chi connectivity index (χ0) is 15.9. The average molecular weight is 334 g/mol. The molecule has 0 aliphatic heterocycles. The van der Waals surface area contributed by atoms with E-state index in [1.54, 1.807) is 19.2 Å². The molecule has 0 N–H and O–H groups in total. The topological polar surface area (TPSA) is 30.7 Å². The van der Waals surface area contributed by atoms with Crippen LogP contribution in [-0.4, -0.2) is 17.8 Å². The fourth-order valence-electron chi connectivity index (χ4n) is 2.60. The van der Waals surface area contributed by atoms with Gasteiger partial charge in [-0.1, -0.05) is 29.3 Å². The molecule has 0 fully saturated rings. The molecule has 0 saturated carbocycles. The van der Waals surface area contributed by atoms with Gasteiger partial charge in [-0.15, -0.1) is 0 Å². The van der Waals surface area contributed by atoms with Crippen molar-refractivity contribution in [3.63, 3.8) is 0 Å². The molecule has 3 rings (SSSR count). The molecule has 0 amide bonds. The maximum Gasteiger partial charge on any atom is 0.167 e. The number of hydrogen-bond donors (Lipinski definition) is 0. The molecule has 5 heteroatoms. The van der Waals surface area contributed by atoms with Gasteiger partial charge in [0.1, 0.15) is 5.75 Å². The molecular formula is C17H13Cl2NO2. The van der Waals surface area contributed by atoms with Crippen molar-refractivity contribution in [1.29, 1.82) is 0 Å². The molecule has 1 aromatic carbocycles. The van der Waals surface area contributed by atoms with Crippen LogP contribution in [-0.2, 0) is 0 Å². The first-order valence-corrected chi connectivity index (χ1v) is 7.41. The third-order valence-electron chi connectivity index (χ3n) is 3.57. The van der Waals surface area contributed by atoms with E-state index < -0.39 is 0 Å². The summed E-state index contributed by atoms with van der Waals surface area (Å²) >= 11 is 12.3. The Labute approximate surface area is 138 Å². The monoisotopic (exact) mass is 333 g/mol. The summed E-state index contributed by atoms with van der Waals surface area (Å²) in [5.41, 5.74) is 3.95. The molecule has 0 aliphatic rings. The number of halogens is 2. The molecule has 0 radical (unpaired) electrons. The minimum atomic E-state index is 0.410. The second-order valence-electron chi connectivity index (χ2n) is 5.03. The lowest BCUT2D eigenvalue weighted by molar-refractivity contribution is 0.111. The Kier molecular flexibility index (Phi) is 3.85. The number of aryl methyl sites for hydroxylation is 1. The Morgan fingerprint density at radius 2 is 1.91 bits per heavy atom. The van der Waals surface area contributed by atoms with Crippen LogP contribution < -0.4 is 4.74 Å². The van der Waals surface area contributed by atoms with Crippen molar-refractivity contribution in [2.24, 2.45) is 0 Å². The molecule has 0 atom stereocenters. The molecule has 22 heavy (non-hydrogen) atoms. The fourth-order valence-corrected chi connectivity index (χ4v) is 3.17. The van der Waals surface area contributed by atoms with Gasteiger partial charge in [0.05, 0.1) is 17.8 Å². The maximum absolute atomic E-state index is 11.6. The predicted octanol–water partition coefficient (Wildman–Crippen LogP) is 5.04. The van der Waals surface area contributed by atoms with E-state index in [0.717, 1.165) is 22.9 Å². The normalized spacial score (nSPS) is 10.9. The van der Waals surface area contributed by atoms with Gasteiger partial charge < -0.3 is 9.14 Å². The number of aldehydes is 1. The van der Waals surface area contributed by atoms with Crippen LogP contribution in [0.25, 0.3) is 16.6 Å². The summed E-state index contributed by atoms with van der Waals surface area (Å²) in [4.78, 5) is 11.6. The van der Waals surface area contributed by atoms with Gasteiger partial charge in [0.25, 0.3) is 0 Å². The van der Waals surface area contributed by atoms with Gasteiger partial charge in [0.15, 0.2) is 6.29 Å². The van der Waals surface area contributed by atoms with Crippen molar-refractivity contribution in [3.8, 4) is 16.9 Å². The molecular weight excluding hydrogens is 321 g/mol. The van der Waals surface area contributed by atoms with E-state index in [2.05, 4.69) is 0 Å². The van der Waals surface area contributed by atoms with E-state index in [1.165, 1.54) is 0 Å². The van der Waals surface area contributed by atoms with Crippen LogP contribution in [0.15, 0.2) is 36.5 Å². The average Bonchev–Trinajstić information content (AvgIpc) is 2.84. The fraction of sp³-hybridized carbons (Fsp3) is 0.118. The van der Waals surface area contributed by atoms with Gasteiger partial charge >= 0.3 is 0 Å². The highest BCUT2D eigenvalue weighted by Crippen LogP contribution is 2.40. The number of benzene rings is 1. The standard InChI is InChI=1S/C17H13Cl2NO2/c1-10-3-4-12-7-13(16(9-21)20(12)8-10)14-5-11(18)6-15(19)17(14)22-2/h3-9H,1-2H3. The molecule has 0 saturated heterocycles. The number of methoxy groups -OCH3 is 1. The smallest absolute Gasteiger partial charge is 0.167 e. The Hall–Kier alpha value is -1.97. The van der Waals surface area contributed by atoms with Crippen LogP contribution in [0.5, 0.6) is 5.75 Å². The number of pyridine rings is 1. The first kappa shape index (κ1) is 14.9. The SMILES string of the molecule is COc1c(Cl)cc(Cl)cc1-c1cc2ccc(C)cn2c1C=O. The summed E-state index contributed by atoms with van der Waals surface area (Å²) in [6, 6.07) is 9.25. The summed E-state index contributed by atoms with van der Waals surface area (Å²) < 4.78 is 7.24. The number of aromatic nitrogens is 1. The lowest BCUT2D eigenvalue weighted by Crippen LogP contribution is -1.95. The van der Waals surface area contributed by atoms with Crippen LogP contribution in [0.1, 0.15) is 16.1 Å². The molecule has 0 unspecified atom stereocenters. The minimum absolute atomic E-state index is 0.410. The Morgan fingerprint density at radius 1 is 1.14 bits per heavy atom. The van der Waals surface area contributed by atoms with Crippen molar-refractivity contribution in [1.82, 2.24) is 4.40 Å². The number of nitrogens with zero attached hydrogens (tertiary/aromatic N) is 1. The molecule has 0 spiro atoms. The van der Waals surface area contributed by atoms with Gasteiger partial charge in [-0.2, -0.15) is 0 Å². The highest BCUT2D eigenvalue weighted by molar-refractivity contribution is 6.36. The molecule has 2 aromatic heterocycles. The molecule has 112 valence electrons. The predicted molar refractivity (Wildman–Crippen MR) is 89.5 cm³/mol. The zero-order valence-electron chi connectivity index (χ0n) is 12.1. The minimum Gasteiger partial charge on any atom is -0.495 e. The third-order valence-corrected chi connectivity index (χ3v) is 4.07. The van der Waals surface area contributed by atoms with Crippen molar-refractivity contribution < 1.29 is 9.53 Å². The number of ether oxygens (including phenoxy) is 1. The van der Waals surface area contributed by atoms with E-state index in [1.807, 2.05) is 35.7 Å². The highest BCUT2D eigenvalue weighted by atomic mass is 35.5. The van der Waals surface area contributed by atoms with Gasteiger partial charge in [-0.3, -0.25) is 4.79 Å². The van der Waals surface area contributed by atoms with Crippen molar-refractivity contribution in [2.75, 3.05) is 7.11 Å². The first-order valence-electron chi connectivity index (χ1n) is 6.65. The Balaban J connectivity index is 2.38. The third kappa shape index (κ3) is 2.36. The van der Waals surface area contributed by atoms with Crippen LogP contribution in [0, 0.1) is 6.92 Å². The van der Waals surface area contributed by atoms with E-state index in [0.29, 0.717) is 27.1 Å². The number of rotatable bonds is 3. The number of carbonyl (C=O) groups is 1. The van der Waals surface area contributed by atoms with E-state index in [4.69, 9.17) is 27.9 Å². The second kappa shape index (κ2) is 5.67. The van der Waals surface area contributed by atoms with Gasteiger partial charge in [0.2, 0.25) is 0 Å². The van der Waals surface area contributed by atoms with Crippen molar-refractivity contribution >= 4 is 35.0 Å². The van der Waals surface area contributed by atoms with E-state index in [-0.39, 0.29) is 0 Å². The number of carbonyl (C=O) groups excluding carboxylic acids is 1. The van der Waals surface area contributed by atoms with Crippen LogP contribution in [0.3, 0.4) is 0 Å². The van der Waals surface area contributed by atoms with Crippen LogP contribution >= 0.6 is 23.2 Å². The van der Waals surface area contributed by atoms with Gasteiger partial charge in [-0.25, -0.2) is 0 Å². The quantitative estimate of drug-likeness (QED) is 0.628. The first-order chi connectivity index (χ1) is 10.5. The van der Waals surface area contributed by atoms with E-state index in [9.17, 15) is 4.79 Å². The summed E-state index contributed by atoms with van der Waals surface area (Å²) in [5, 5.41) is 0.900. The summed E-state index contributed by atoms with van der Waals surface area (Å²) in [5.74, 6) is 0.502. The lowest BCUT2D eigenvalue weighted by atomic mass is 10.0. The molecule has 3 nitrogen and oxygen atoms in total. The number of fused-ring (bicyclic) bond motifs is 1. The molecule has 2 heterocycles.